The van der Waals surface area contributed by atoms with Crippen LogP contribution in [0.4, 0.5) is 0 Å². The summed E-state index contributed by atoms with van der Waals surface area (Å²) < 4.78 is 12.7. The van der Waals surface area contributed by atoms with Crippen molar-refractivity contribution in [2.45, 2.75) is 39.3 Å². The van der Waals surface area contributed by atoms with Crippen LogP contribution in [0.15, 0.2) is 23.4 Å². The summed E-state index contributed by atoms with van der Waals surface area (Å²) in [5.41, 5.74) is 1.84. The van der Waals surface area contributed by atoms with Crippen LogP contribution in [0.1, 0.15) is 5.69 Å². The van der Waals surface area contributed by atoms with E-state index in [4.69, 9.17) is 9.47 Å². The van der Waals surface area contributed by atoms with E-state index >= 15 is 0 Å². The maximum absolute atomic E-state index is 12.5. The quantitative estimate of drug-likeness (QED) is 0.495. The molecule has 0 aliphatic rings. The number of rotatable bonds is 7. The zero-order valence-electron chi connectivity index (χ0n) is 16.4. The molecule has 1 N–H and O–H groups in total. The molecular formula is C18H25N5O3Si. The fraction of sp³-hybridized carbons (Fsp3) is 0.444. The normalized spacial score (nSPS) is 11.9. The van der Waals surface area contributed by atoms with Crippen molar-refractivity contribution < 1.29 is 9.47 Å². The van der Waals surface area contributed by atoms with Crippen LogP contribution in [0, 0.1) is 6.92 Å². The second-order valence-electron chi connectivity index (χ2n) is 7.64. The molecule has 3 heterocycles. The molecule has 0 bridgehead atoms. The van der Waals surface area contributed by atoms with Crippen LogP contribution in [0.25, 0.3) is 22.3 Å². The average Bonchev–Trinajstić information content (AvgIpc) is 2.98. The molecular weight excluding hydrogens is 362 g/mol. The largest absolute Gasteiger partial charge is 0.494 e. The second kappa shape index (κ2) is 7.61. The first kappa shape index (κ1) is 19.2. The van der Waals surface area contributed by atoms with Crippen molar-refractivity contribution >= 4 is 19.0 Å². The van der Waals surface area contributed by atoms with Crippen molar-refractivity contribution in [2.24, 2.45) is 0 Å². The number of nitrogens with one attached hydrogen (secondary N) is 1. The van der Waals surface area contributed by atoms with Gasteiger partial charge in [-0.05, 0) is 13.0 Å². The van der Waals surface area contributed by atoms with E-state index in [0.29, 0.717) is 29.2 Å². The van der Waals surface area contributed by atoms with Gasteiger partial charge in [0.15, 0.2) is 5.75 Å². The summed E-state index contributed by atoms with van der Waals surface area (Å²) in [5, 5.41) is 4.76. The lowest BCUT2D eigenvalue weighted by Crippen LogP contribution is -2.22. The number of aromatic nitrogens is 5. The molecule has 3 aromatic rings. The van der Waals surface area contributed by atoms with E-state index in [1.807, 2.05) is 6.92 Å². The number of aromatic amines is 1. The van der Waals surface area contributed by atoms with Crippen LogP contribution >= 0.6 is 0 Å². The molecule has 3 rings (SSSR count). The predicted molar refractivity (Wildman–Crippen MR) is 107 cm³/mol. The van der Waals surface area contributed by atoms with Crippen LogP contribution in [0.5, 0.6) is 5.75 Å². The first-order chi connectivity index (χ1) is 12.8. The third-order valence-corrected chi connectivity index (χ3v) is 6.07. The van der Waals surface area contributed by atoms with Gasteiger partial charge in [0.2, 0.25) is 0 Å². The summed E-state index contributed by atoms with van der Waals surface area (Å²) in [7, 11) is 0.383. The van der Waals surface area contributed by atoms with Gasteiger partial charge < -0.3 is 14.5 Å². The van der Waals surface area contributed by atoms with E-state index in [0.717, 1.165) is 23.9 Å². The van der Waals surface area contributed by atoms with E-state index in [2.05, 4.69) is 39.7 Å². The number of nitrogens with zero attached hydrogens (tertiary/aromatic N) is 4. The minimum absolute atomic E-state index is 0.271. The van der Waals surface area contributed by atoms with Gasteiger partial charge in [0.05, 0.1) is 31.3 Å². The molecule has 0 fully saturated rings. The maximum atomic E-state index is 12.5. The Labute approximate surface area is 158 Å². The molecule has 0 atom stereocenters. The molecule has 0 saturated heterocycles. The highest BCUT2D eigenvalue weighted by atomic mass is 28.3. The Morgan fingerprint density at radius 3 is 2.70 bits per heavy atom. The number of hydrogen-bond donors (Lipinski definition) is 1. The molecule has 0 amide bonds. The monoisotopic (exact) mass is 387 g/mol. The molecule has 0 unspecified atom stereocenters. The standard InChI is InChI=1S/C18H25N5O3Si/c1-12-13(8-20-23(12)11-26-6-7-27(3,4)5)17-21-14-9-19-10-15(25-2)16(14)18(24)22-17/h8-10H,6-7,11H2,1-5H3,(H,21,22,24). The predicted octanol–water partition coefficient (Wildman–Crippen LogP) is 2.81. The molecule has 0 aromatic carbocycles. The molecule has 0 saturated carbocycles. The molecule has 9 heteroatoms. The average molecular weight is 388 g/mol. The number of hydrogen-bond acceptors (Lipinski definition) is 6. The molecule has 27 heavy (non-hydrogen) atoms. The lowest BCUT2D eigenvalue weighted by atomic mass is 10.2. The zero-order chi connectivity index (χ0) is 19.6. The Kier molecular flexibility index (Phi) is 5.42. The van der Waals surface area contributed by atoms with Crippen molar-refractivity contribution in [3.63, 3.8) is 0 Å². The minimum Gasteiger partial charge on any atom is -0.494 e. The first-order valence-electron chi connectivity index (χ1n) is 8.83. The maximum Gasteiger partial charge on any atom is 0.262 e. The lowest BCUT2D eigenvalue weighted by molar-refractivity contribution is 0.0772. The van der Waals surface area contributed by atoms with Crippen molar-refractivity contribution in [1.29, 1.82) is 0 Å². The van der Waals surface area contributed by atoms with Gasteiger partial charge in [0, 0.05) is 20.4 Å². The van der Waals surface area contributed by atoms with E-state index < -0.39 is 8.07 Å². The summed E-state index contributed by atoms with van der Waals surface area (Å²) in [6, 6.07) is 1.11. The Bertz CT molecular complexity index is 1010. The molecule has 0 spiro atoms. The van der Waals surface area contributed by atoms with E-state index in [9.17, 15) is 4.79 Å². The van der Waals surface area contributed by atoms with Crippen LogP contribution in [0.3, 0.4) is 0 Å². The van der Waals surface area contributed by atoms with Crippen molar-refractivity contribution in [3.05, 3.63) is 34.6 Å². The summed E-state index contributed by atoms with van der Waals surface area (Å²) in [6.45, 7) is 9.99. The lowest BCUT2D eigenvalue weighted by Gasteiger charge is -2.15. The van der Waals surface area contributed by atoms with E-state index in [-0.39, 0.29) is 5.56 Å². The second-order valence-corrected chi connectivity index (χ2v) is 13.3. The van der Waals surface area contributed by atoms with Crippen LogP contribution in [-0.2, 0) is 11.5 Å². The topological polar surface area (TPSA) is 94.9 Å². The summed E-state index contributed by atoms with van der Waals surface area (Å²) >= 11 is 0. The molecule has 3 aromatic heterocycles. The van der Waals surface area contributed by atoms with Gasteiger partial charge in [-0.3, -0.25) is 9.78 Å². The first-order valence-corrected chi connectivity index (χ1v) is 12.5. The van der Waals surface area contributed by atoms with Crippen LogP contribution in [-0.4, -0.2) is 46.5 Å². The highest BCUT2D eigenvalue weighted by Gasteiger charge is 2.16. The van der Waals surface area contributed by atoms with Crippen molar-refractivity contribution in [2.75, 3.05) is 13.7 Å². The zero-order valence-corrected chi connectivity index (χ0v) is 17.4. The molecule has 0 aliphatic carbocycles. The van der Waals surface area contributed by atoms with Crippen molar-refractivity contribution in [3.8, 4) is 17.1 Å². The Morgan fingerprint density at radius 1 is 1.22 bits per heavy atom. The molecule has 8 nitrogen and oxygen atoms in total. The number of pyridine rings is 1. The SMILES string of the molecule is COc1cncc2nc(-c3cnn(COCC[Si](C)(C)C)c3C)[nH]c(=O)c12. The number of H-pyrrole nitrogens is 1. The van der Waals surface area contributed by atoms with Gasteiger partial charge in [0.1, 0.15) is 23.5 Å². The Morgan fingerprint density at radius 2 is 2.00 bits per heavy atom. The number of ether oxygens (including phenoxy) is 2. The van der Waals surface area contributed by atoms with Gasteiger partial charge in [-0.1, -0.05) is 19.6 Å². The molecule has 0 radical (unpaired) electrons. The summed E-state index contributed by atoms with van der Waals surface area (Å²) in [5.74, 6) is 0.851. The smallest absolute Gasteiger partial charge is 0.262 e. The van der Waals surface area contributed by atoms with Crippen molar-refractivity contribution in [1.82, 2.24) is 24.7 Å². The van der Waals surface area contributed by atoms with E-state index in [1.165, 1.54) is 13.3 Å². The fourth-order valence-corrected chi connectivity index (χ4v) is 3.44. The van der Waals surface area contributed by atoms with Gasteiger partial charge in [0.25, 0.3) is 5.56 Å². The van der Waals surface area contributed by atoms with Gasteiger partial charge in [-0.15, -0.1) is 0 Å². The number of methoxy groups -OCH3 is 1. The summed E-state index contributed by atoms with van der Waals surface area (Å²) in [4.78, 5) is 24.0. The Hall–Kier alpha value is -2.52. The third kappa shape index (κ3) is 4.25. The van der Waals surface area contributed by atoms with E-state index in [1.54, 1.807) is 17.1 Å². The van der Waals surface area contributed by atoms with Gasteiger partial charge in [-0.2, -0.15) is 5.10 Å². The minimum atomic E-state index is -1.12. The third-order valence-electron chi connectivity index (χ3n) is 4.37. The number of fused-ring (bicyclic) bond motifs is 1. The highest BCUT2D eigenvalue weighted by molar-refractivity contribution is 6.76. The molecule has 144 valence electrons. The highest BCUT2D eigenvalue weighted by Crippen LogP contribution is 2.23. The Balaban J connectivity index is 1.85. The van der Waals surface area contributed by atoms with Gasteiger partial charge in [-0.25, -0.2) is 9.67 Å². The summed E-state index contributed by atoms with van der Waals surface area (Å²) in [6.07, 6.45) is 4.74. The fourth-order valence-electron chi connectivity index (χ4n) is 2.68. The van der Waals surface area contributed by atoms with Crippen LogP contribution < -0.4 is 10.3 Å². The molecule has 0 aliphatic heterocycles. The van der Waals surface area contributed by atoms with Crippen LogP contribution in [0.2, 0.25) is 25.7 Å². The van der Waals surface area contributed by atoms with Gasteiger partial charge >= 0.3 is 0 Å².